The Morgan fingerprint density at radius 3 is 2.33 bits per heavy atom. The van der Waals surface area contributed by atoms with Crippen molar-refractivity contribution in [3.63, 3.8) is 0 Å². The number of hydrogen-bond donors (Lipinski definition) is 0. The highest BCUT2D eigenvalue weighted by Crippen LogP contribution is 1.98. The van der Waals surface area contributed by atoms with E-state index in [0.717, 1.165) is 6.32 Å². The van der Waals surface area contributed by atoms with E-state index < -0.39 is 0 Å². The molecular formula is C3H7B2I. The lowest BCUT2D eigenvalue weighted by Crippen LogP contribution is -1.98. The van der Waals surface area contributed by atoms with Gasteiger partial charge in [0.1, 0.15) is 0 Å². The molecule has 0 aliphatic rings. The summed E-state index contributed by atoms with van der Waals surface area (Å²) in [6, 6.07) is 0. The molecule has 0 aromatic heterocycles. The lowest BCUT2D eigenvalue weighted by atomic mass is 9.53. The minimum Gasteiger partial charge on any atom is -0.162 e. The van der Waals surface area contributed by atoms with Crippen LogP contribution in [0.3, 0.4) is 0 Å². The Balaban J connectivity index is 2.63. The van der Waals surface area contributed by atoms with Gasteiger partial charge in [-0.1, -0.05) is 19.7 Å². The third kappa shape index (κ3) is 4.86. The van der Waals surface area contributed by atoms with Crippen molar-refractivity contribution in [1.29, 1.82) is 0 Å². The molecule has 0 saturated carbocycles. The fourth-order valence-electron chi connectivity index (χ4n) is 0.276. The molecule has 0 heterocycles. The lowest BCUT2D eigenvalue weighted by molar-refractivity contribution is 1.08. The SMILES string of the molecule is [B]B(I)CCC. The highest BCUT2D eigenvalue weighted by molar-refractivity contribution is 14.1. The van der Waals surface area contributed by atoms with E-state index >= 15 is 0 Å². The van der Waals surface area contributed by atoms with Gasteiger partial charge in [-0.25, -0.2) is 0 Å². The first-order chi connectivity index (χ1) is 2.77. The number of halogens is 1. The van der Waals surface area contributed by atoms with Crippen LogP contribution in [0.15, 0.2) is 0 Å². The van der Waals surface area contributed by atoms with Gasteiger partial charge in [0.2, 0.25) is 0 Å². The highest BCUT2D eigenvalue weighted by atomic mass is 127. The first-order valence-corrected chi connectivity index (χ1v) is 3.41. The molecule has 0 aromatic rings. The van der Waals surface area contributed by atoms with Crippen molar-refractivity contribution in [1.82, 2.24) is 0 Å². The van der Waals surface area contributed by atoms with Gasteiger partial charge >= 0.3 is 0 Å². The summed E-state index contributed by atoms with van der Waals surface area (Å²) in [5.74, 6) is 0. The van der Waals surface area contributed by atoms with Gasteiger partial charge < -0.3 is 0 Å². The molecule has 0 saturated heterocycles. The Morgan fingerprint density at radius 2 is 2.33 bits per heavy atom. The molecule has 0 aromatic carbocycles. The number of hydrogen-bond acceptors (Lipinski definition) is 0. The summed E-state index contributed by atoms with van der Waals surface area (Å²) < 4.78 is 0.368. The zero-order chi connectivity index (χ0) is 4.99. The molecule has 0 nitrogen and oxygen atoms in total. The molecule has 0 N–H and O–H groups in total. The molecule has 0 unspecified atom stereocenters. The van der Waals surface area contributed by atoms with E-state index in [0.29, 0.717) is 4.46 Å². The molecular weight excluding hydrogens is 185 g/mol. The lowest BCUT2D eigenvalue weighted by Gasteiger charge is -1.89. The maximum atomic E-state index is 5.39. The average Bonchev–Trinajstić information content (AvgIpc) is 1.35. The summed E-state index contributed by atoms with van der Waals surface area (Å²) in [4.78, 5) is 0. The van der Waals surface area contributed by atoms with Crippen LogP contribution in [-0.2, 0) is 0 Å². The molecule has 0 bridgehead atoms. The fourth-order valence-corrected chi connectivity index (χ4v) is 0.899. The van der Waals surface area contributed by atoms with Crippen LogP contribution in [0.25, 0.3) is 0 Å². The second-order valence-electron chi connectivity index (χ2n) is 1.30. The van der Waals surface area contributed by atoms with Crippen molar-refractivity contribution < 1.29 is 0 Å². The molecule has 6 heavy (non-hydrogen) atoms. The predicted octanol–water partition coefficient (Wildman–Crippen LogP) is 1.49. The Morgan fingerprint density at radius 1 is 1.83 bits per heavy atom. The normalized spacial score (nSPS) is 8.33. The zero-order valence-corrected chi connectivity index (χ0v) is 6.10. The van der Waals surface area contributed by atoms with Gasteiger partial charge in [0, 0.05) is 7.74 Å². The van der Waals surface area contributed by atoms with Gasteiger partial charge in [0.25, 0.3) is 0 Å². The van der Waals surface area contributed by atoms with Crippen molar-refractivity contribution in [2.24, 2.45) is 0 Å². The van der Waals surface area contributed by atoms with Crippen molar-refractivity contribution in [3.05, 3.63) is 0 Å². The van der Waals surface area contributed by atoms with Gasteiger partial charge in [-0.05, 0) is 0 Å². The molecule has 0 aliphatic heterocycles. The minimum atomic E-state index is 0.368. The van der Waals surface area contributed by atoms with Crippen LogP contribution >= 0.6 is 22.4 Å². The van der Waals surface area contributed by atoms with E-state index in [1.165, 1.54) is 6.42 Å². The molecule has 0 fully saturated rings. The molecule has 3 heteroatoms. The summed E-state index contributed by atoms with van der Waals surface area (Å²) in [7, 11) is 5.39. The molecule has 32 valence electrons. The van der Waals surface area contributed by atoms with E-state index in [2.05, 4.69) is 29.3 Å². The maximum Gasteiger partial charge on any atom is 0.167 e. The fraction of sp³-hybridized carbons (Fsp3) is 1.00. The van der Waals surface area contributed by atoms with Gasteiger partial charge in [-0.2, -0.15) is 22.4 Å². The van der Waals surface area contributed by atoms with Crippen LogP contribution in [0.4, 0.5) is 0 Å². The van der Waals surface area contributed by atoms with Gasteiger partial charge in [0.15, 0.2) is 4.46 Å². The zero-order valence-electron chi connectivity index (χ0n) is 3.95. The summed E-state index contributed by atoms with van der Waals surface area (Å²) in [5.41, 5.74) is 0. The molecule has 0 rings (SSSR count). The third-order valence-electron chi connectivity index (χ3n) is 0.564. The van der Waals surface area contributed by atoms with Crippen LogP contribution in [0.5, 0.6) is 0 Å². The smallest absolute Gasteiger partial charge is 0.162 e. The van der Waals surface area contributed by atoms with Gasteiger partial charge in [-0.15, -0.1) is 0 Å². The average molecular weight is 192 g/mol. The van der Waals surface area contributed by atoms with Crippen LogP contribution in [0.2, 0.25) is 6.32 Å². The Labute approximate surface area is 54.4 Å². The topological polar surface area (TPSA) is 0 Å². The van der Waals surface area contributed by atoms with E-state index in [1.54, 1.807) is 0 Å². The van der Waals surface area contributed by atoms with Crippen LogP contribution in [-0.4, -0.2) is 12.2 Å². The largest absolute Gasteiger partial charge is 0.167 e. The Hall–Kier alpha value is 0.860. The molecule has 0 aliphatic carbocycles. The second kappa shape index (κ2) is 4.03. The van der Waals surface area contributed by atoms with Crippen LogP contribution < -0.4 is 0 Å². The van der Waals surface area contributed by atoms with Crippen molar-refractivity contribution >= 4 is 34.6 Å². The van der Waals surface area contributed by atoms with Gasteiger partial charge in [0.05, 0.1) is 0 Å². The predicted molar refractivity (Wildman–Crippen MR) is 40.6 cm³/mol. The van der Waals surface area contributed by atoms with Crippen molar-refractivity contribution in [2.75, 3.05) is 0 Å². The number of rotatable bonds is 2. The highest BCUT2D eigenvalue weighted by Gasteiger charge is 1.93. The minimum absolute atomic E-state index is 0.368. The molecule has 0 atom stereocenters. The quantitative estimate of drug-likeness (QED) is 0.458. The van der Waals surface area contributed by atoms with E-state index in [-0.39, 0.29) is 0 Å². The maximum absolute atomic E-state index is 5.39. The molecule has 2 radical (unpaired) electrons. The molecule has 0 amide bonds. The summed E-state index contributed by atoms with van der Waals surface area (Å²) in [6.45, 7) is 2.14. The van der Waals surface area contributed by atoms with Crippen LogP contribution in [0.1, 0.15) is 13.3 Å². The Kier molecular flexibility index (Phi) is 4.61. The van der Waals surface area contributed by atoms with E-state index in [1.807, 2.05) is 0 Å². The summed E-state index contributed by atoms with van der Waals surface area (Å²) >= 11 is 2.22. The van der Waals surface area contributed by atoms with E-state index in [4.69, 9.17) is 7.74 Å². The third-order valence-corrected chi connectivity index (χ3v) is 1.19. The first kappa shape index (κ1) is 6.86. The monoisotopic (exact) mass is 192 g/mol. The second-order valence-corrected chi connectivity index (χ2v) is 2.90. The summed E-state index contributed by atoms with van der Waals surface area (Å²) in [6.07, 6.45) is 2.34. The van der Waals surface area contributed by atoms with Crippen LogP contribution in [0, 0.1) is 0 Å². The van der Waals surface area contributed by atoms with Crippen molar-refractivity contribution in [3.8, 4) is 0 Å². The first-order valence-electron chi connectivity index (χ1n) is 2.17. The van der Waals surface area contributed by atoms with Crippen molar-refractivity contribution in [2.45, 2.75) is 19.7 Å². The molecule has 0 spiro atoms. The van der Waals surface area contributed by atoms with E-state index in [9.17, 15) is 0 Å². The standard InChI is InChI=1S/C3H7B2I/c1-2-3-5(4)6/h2-3H2,1H3. The summed E-state index contributed by atoms with van der Waals surface area (Å²) in [5, 5.41) is 0. The van der Waals surface area contributed by atoms with Gasteiger partial charge in [-0.3, -0.25) is 0 Å². The Bertz CT molecular complexity index is 30.0.